The van der Waals surface area contributed by atoms with Gasteiger partial charge in [-0.1, -0.05) is 260 Å². The van der Waals surface area contributed by atoms with Crippen molar-refractivity contribution in [3.8, 4) is 0 Å². The van der Waals surface area contributed by atoms with Gasteiger partial charge >= 0.3 is 17.9 Å². The van der Waals surface area contributed by atoms with Crippen molar-refractivity contribution >= 4 is 17.9 Å². The fraction of sp³-hybridized carbons (Fsp3) is 0.746. The van der Waals surface area contributed by atoms with E-state index in [2.05, 4.69) is 106 Å². The molecule has 0 aliphatic heterocycles. The summed E-state index contributed by atoms with van der Waals surface area (Å²) < 4.78 is 16.9. The minimum absolute atomic E-state index is 0.0811. The van der Waals surface area contributed by atoms with E-state index in [1.165, 1.54) is 154 Å². The van der Waals surface area contributed by atoms with E-state index < -0.39 is 6.10 Å². The number of ether oxygens (including phenoxy) is 3. The zero-order chi connectivity index (χ0) is 52.9. The third-order valence-electron chi connectivity index (χ3n) is 13.4. The first-order valence-corrected chi connectivity index (χ1v) is 31.1. The molecule has 0 heterocycles. The molecule has 0 aromatic carbocycles. The van der Waals surface area contributed by atoms with Gasteiger partial charge in [0, 0.05) is 19.3 Å². The Labute approximate surface area is 452 Å². The summed E-state index contributed by atoms with van der Waals surface area (Å²) in [7, 11) is 0. The molecule has 6 nitrogen and oxygen atoms in total. The van der Waals surface area contributed by atoms with Crippen molar-refractivity contribution in [1.82, 2.24) is 0 Å². The Kier molecular flexibility index (Phi) is 58.3. The first kappa shape index (κ1) is 69.6. The van der Waals surface area contributed by atoms with Gasteiger partial charge in [-0.3, -0.25) is 14.4 Å². The fourth-order valence-electron chi connectivity index (χ4n) is 8.68. The zero-order valence-electron chi connectivity index (χ0n) is 48.1. The van der Waals surface area contributed by atoms with Gasteiger partial charge in [0.15, 0.2) is 6.10 Å². The molecular weight excluding hydrogens is 901 g/mol. The van der Waals surface area contributed by atoms with Crippen molar-refractivity contribution in [3.05, 3.63) is 85.1 Å². The smallest absolute Gasteiger partial charge is 0.306 e. The van der Waals surface area contributed by atoms with E-state index in [-0.39, 0.29) is 31.1 Å². The second kappa shape index (κ2) is 61.1. The van der Waals surface area contributed by atoms with Crippen LogP contribution in [0, 0.1) is 0 Å². The Balaban J connectivity index is 4.20. The molecule has 0 fully saturated rings. The molecule has 0 aliphatic rings. The molecular formula is C67H116O6. The summed E-state index contributed by atoms with van der Waals surface area (Å²) in [5, 5.41) is 0. The molecule has 1 unspecified atom stereocenters. The van der Waals surface area contributed by atoms with Gasteiger partial charge in [-0.15, -0.1) is 0 Å². The monoisotopic (exact) mass is 1020 g/mol. The van der Waals surface area contributed by atoms with Gasteiger partial charge in [0.2, 0.25) is 0 Å². The molecule has 0 saturated heterocycles. The van der Waals surface area contributed by atoms with E-state index in [4.69, 9.17) is 14.2 Å². The number of carbonyl (C=O) groups excluding carboxylic acids is 3. The van der Waals surface area contributed by atoms with Gasteiger partial charge in [-0.25, -0.2) is 0 Å². The van der Waals surface area contributed by atoms with E-state index in [1.54, 1.807) is 0 Å². The SMILES string of the molecule is CC/C=C\C/C=C\C/C=C\C/C=C\C/C=C\CCCCCCCCCCCCCCCC(=O)OCC(COC(=O)CCCCCCC/C=C\CCCC)OC(=O)CCCCCCC/C=C\CCCCCCCC. The quantitative estimate of drug-likeness (QED) is 0.0261. The van der Waals surface area contributed by atoms with Crippen LogP contribution >= 0.6 is 0 Å². The second-order valence-electron chi connectivity index (χ2n) is 20.6. The number of rotatable bonds is 56. The molecule has 1 atom stereocenters. The Bertz CT molecular complexity index is 1400. The molecule has 0 aliphatic carbocycles. The van der Waals surface area contributed by atoms with E-state index in [0.717, 1.165) is 109 Å². The van der Waals surface area contributed by atoms with Crippen LogP contribution in [0.1, 0.15) is 303 Å². The van der Waals surface area contributed by atoms with Crippen LogP contribution in [0.3, 0.4) is 0 Å². The van der Waals surface area contributed by atoms with E-state index in [0.29, 0.717) is 19.3 Å². The van der Waals surface area contributed by atoms with Crippen LogP contribution in [0.15, 0.2) is 85.1 Å². The highest BCUT2D eigenvalue weighted by atomic mass is 16.6. The molecule has 73 heavy (non-hydrogen) atoms. The summed E-state index contributed by atoms with van der Waals surface area (Å²) in [6.07, 6.45) is 80.2. The van der Waals surface area contributed by atoms with Crippen LogP contribution in [0.5, 0.6) is 0 Å². The van der Waals surface area contributed by atoms with Gasteiger partial charge in [0.25, 0.3) is 0 Å². The van der Waals surface area contributed by atoms with Gasteiger partial charge in [0.05, 0.1) is 0 Å². The average Bonchev–Trinajstić information content (AvgIpc) is 3.39. The number of esters is 3. The molecule has 0 aromatic rings. The Morgan fingerprint density at radius 2 is 0.548 bits per heavy atom. The average molecular weight is 1020 g/mol. The summed E-state index contributed by atoms with van der Waals surface area (Å²) >= 11 is 0. The summed E-state index contributed by atoms with van der Waals surface area (Å²) in [4.78, 5) is 38.2. The topological polar surface area (TPSA) is 78.9 Å². The lowest BCUT2D eigenvalue weighted by atomic mass is 10.0. The lowest BCUT2D eigenvalue weighted by Gasteiger charge is -2.18. The number of allylic oxidation sites excluding steroid dienone is 14. The molecule has 0 radical (unpaired) electrons. The largest absolute Gasteiger partial charge is 0.462 e. The molecule has 420 valence electrons. The van der Waals surface area contributed by atoms with Crippen LogP contribution in [-0.2, 0) is 28.6 Å². The molecule has 0 amide bonds. The Morgan fingerprint density at radius 1 is 0.288 bits per heavy atom. The first-order chi connectivity index (χ1) is 36.0. The van der Waals surface area contributed by atoms with E-state index >= 15 is 0 Å². The van der Waals surface area contributed by atoms with Crippen LogP contribution < -0.4 is 0 Å². The van der Waals surface area contributed by atoms with Crippen molar-refractivity contribution in [3.63, 3.8) is 0 Å². The highest BCUT2D eigenvalue weighted by Crippen LogP contribution is 2.16. The van der Waals surface area contributed by atoms with Gasteiger partial charge in [0.1, 0.15) is 13.2 Å². The van der Waals surface area contributed by atoms with Crippen LogP contribution in [0.2, 0.25) is 0 Å². The van der Waals surface area contributed by atoms with Crippen molar-refractivity contribution in [1.29, 1.82) is 0 Å². The molecule has 0 N–H and O–H groups in total. The van der Waals surface area contributed by atoms with Gasteiger partial charge in [-0.2, -0.15) is 0 Å². The van der Waals surface area contributed by atoms with Crippen molar-refractivity contribution in [2.45, 2.75) is 309 Å². The number of unbranched alkanes of at least 4 members (excludes halogenated alkanes) is 31. The molecule has 0 rings (SSSR count). The zero-order valence-corrected chi connectivity index (χ0v) is 48.1. The summed E-state index contributed by atoms with van der Waals surface area (Å²) in [5.41, 5.74) is 0. The number of hydrogen-bond acceptors (Lipinski definition) is 6. The maximum atomic E-state index is 12.8. The Morgan fingerprint density at radius 3 is 0.890 bits per heavy atom. The highest BCUT2D eigenvalue weighted by Gasteiger charge is 2.19. The van der Waals surface area contributed by atoms with Crippen molar-refractivity contribution in [2.75, 3.05) is 13.2 Å². The standard InChI is InChI=1S/C67H116O6/c1-4-7-10-13-16-19-22-24-26-27-28-29-30-31-32-33-34-35-36-37-38-39-41-42-45-48-51-54-57-60-66(69)72-63-64(62-71-65(68)59-56-53-50-47-44-21-18-15-12-9-6-3)73-67(70)61-58-55-52-49-46-43-40-25-23-20-17-14-11-8-5-2/h7,10,15-16,18-19,24-26,28-29,31-32,40,64H,4-6,8-9,11-14,17,20-23,27,30,33-39,41-63H2,1-3H3/b10-7-,18-15-,19-16-,26-24-,29-28-,32-31-,40-25-. The number of hydrogen-bond donors (Lipinski definition) is 0. The summed E-state index contributed by atoms with van der Waals surface area (Å²) in [6.45, 7) is 6.49. The lowest BCUT2D eigenvalue weighted by Crippen LogP contribution is -2.30. The maximum absolute atomic E-state index is 12.8. The van der Waals surface area contributed by atoms with Gasteiger partial charge < -0.3 is 14.2 Å². The van der Waals surface area contributed by atoms with Crippen LogP contribution in [-0.4, -0.2) is 37.2 Å². The predicted molar refractivity (Wildman–Crippen MR) is 316 cm³/mol. The fourth-order valence-corrected chi connectivity index (χ4v) is 8.68. The first-order valence-electron chi connectivity index (χ1n) is 31.1. The normalized spacial score (nSPS) is 12.6. The number of carbonyl (C=O) groups is 3. The van der Waals surface area contributed by atoms with E-state index in [1.807, 2.05) is 0 Å². The molecule has 6 heteroatoms. The minimum atomic E-state index is -0.783. The minimum Gasteiger partial charge on any atom is -0.462 e. The maximum Gasteiger partial charge on any atom is 0.306 e. The van der Waals surface area contributed by atoms with Crippen molar-refractivity contribution < 1.29 is 28.6 Å². The third-order valence-corrected chi connectivity index (χ3v) is 13.4. The lowest BCUT2D eigenvalue weighted by molar-refractivity contribution is -0.167. The van der Waals surface area contributed by atoms with Gasteiger partial charge in [-0.05, 0) is 109 Å². The predicted octanol–water partition coefficient (Wildman–Crippen LogP) is 21.1. The van der Waals surface area contributed by atoms with Crippen molar-refractivity contribution in [2.24, 2.45) is 0 Å². The molecule has 0 saturated carbocycles. The summed E-state index contributed by atoms with van der Waals surface area (Å²) in [6, 6.07) is 0. The van der Waals surface area contributed by atoms with Crippen LogP contribution in [0.4, 0.5) is 0 Å². The summed E-state index contributed by atoms with van der Waals surface area (Å²) in [5.74, 6) is -0.892. The highest BCUT2D eigenvalue weighted by molar-refractivity contribution is 5.71. The van der Waals surface area contributed by atoms with Crippen LogP contribution in [0.25, 0.3) is 0 Å². The van der Waals surface area contributed by atoms with E-state index in [9.17, 15) is 14.4 Å². The molecule has 0 aromatic heterocycles. The Hall–Kier alpha value is -3.41. The molecule has 0 bridgehead atoms. The molecule has 0 spiro atoms. The second-order valence-corrected chi connectivity index (χ2v) is 20.6. The third kappa shape index (κ3) is 59.3.